The lowest BCUT2D eigenvalue weighted by Crippen LogP contribution is -2.15. The number of benzene rings is 7. The van der Waals surface area contributed by atoms with Crippen molar-refractivity contribution < 1.29 is 0 Å². The molecule has 0 nitrogen and oxygen atoms in total. The number of rotatable bonds is 3. The summed E-state index contributed by atoms with van der Waals surface area (Å²) < 4.78 is 0. The van der Waals surface area contributed by atoms with E-state index in [4.69, 9.17) is 0 Å². The minimum absolute atomic E-state index is 0.0891. The summed E-state index contributed by atoms with van der Waals surface area (Å²) in [5.41, 5.74) is 11.7. The number of fused-ring (bicyclic) bond motifs is 6. The third kappa shape index (κ3) is 3.41. The first-order valence-electron chi connectivity index (χ1n) is 14.4. The molecule has 0 atom stereocenters. The van der Waals surface area contributed by atoms with Gasteiger partial charge in [-0.3, -0.25) is 0 Å². The van der Waals surface area contributed by atoms with Crippen LogP contribution >= 0.6 is 0 Å². The summed E-state index contributed by atoms with van der Waals surface area (Å²) in [5, 5.41) is 7.70. The van der Waals surface area contributed by atoms with Crippen LogP contribution in [0.15, 0.2) is 134 Å². The fourth-order valence-corrected chi connectivity index (χ4v) is 7.21. The molecule has 1 aliphatic carbocycles. The van der Waals surface area contributed by atoms with Gasteiger partial charge in [0.2, 0.25) is 0 Å². The summed E-state index contributed by atoms with van der Waals surface area (Å²) in [4.78, 5) is 0. The molecule has 0 aromatic heterocycles. The molecular weight excluding hydrogens is 492 g/mol. The molecule has 0 unspecified atom stereocenters. The van der Waals surface area contributed by atoms with Crippen LogP contribution in [0.2, 0.25) is 0 Å². The Bertz CT molecular complexity index is 2130. The zero-order valence-corrected chi connectivity index (χ0v) is 23.4. The Morgan fingerprint density at radius 3 is 1.68 bits per heavy atom. The second-order valence-electron chi connectivity index (χ2n) is 11.8. The van der Waals surface area contributed by atoms with Crippen LogP contribution in [0.3, 0.4) is 0 Å². The fraction of sp³-hybridized carbons (Fsp3) is 0.0732. The third-order valence-electron chi connectivity index (χ3n) is 9.21. The molecule has 0 bridgehead atoms. The molecule has 194 valence electrons. The molecular formula is C41H30. The van der Waals surface area contributed by atoms with Gasteiger partial charge in [-0.15, -0.1) is 0 Å². The summed E-state index contributed by atoms with van der Waals surface area (Å²) in [6.07, 6.45) is 1.94. The Kier molecular flexibility index (Phi) is 5.12. The summed E-state index contributed by atoms with van der Waals surface area (Å²) in [5.74, 6) is 0. The van der Waals surface area contributed by atoms with Gasteiger partial charge in [0.25, 0.3) is 0 Å². The Morgan fingerprint density at radius 1 is 0.488 bits per heavy atom. The molecule has 0 saturated heterocycles. The molecule has 41 heavy (non-hydrogen) atoms. The van der Waals surface area contributed by atoms with Gasteiger partial charge in [0.15, 0.2) is 0 Å². The normalized spacial score (nSPS) is 13.4. The van der Waals surface area contributed by atoms with Gasteiger partial charge in [-0.1, -0.05) is 148 Å². The van der Waals surface area contributed by atoms with E-state index in [1.165, 1.54) is 82.4 Å². The van der Waals surface area contributed by atoms with Crippen molar-refractivity contribution in [3.63, 3.8) is 0 Å². The van der Waals surface area contributed by atoms with Crippen LogP contribution in [-0.4, -0.2) is 0 Å². The molecule has 0 fully saturated rings. The van der Waals surface area contributed by atoms with E-state index in [-0.39, 0.29) is 5.41 Å². The Hall–Kier alpha value is -4.94. The highest BCUT2D eigenvalue weighted by molar-refractivity contribution is 6.23. The van der Waals surface area contributed by atoms with Gasteiger partial charge < -0.3 is 0 Å². The highest BCUT2D eigenvalue weighted by Gasteiger charge is 2.36. The standard InChI is InChI=1S/C41H30/c1-4-26-20-22-30-31-23-21-28(25-38(31)41(2,3)37(30)24-26)39-33-15-7-9-17-35(33)40(36-18-10-8-16-34(36)39)32-19-11-13-27-12-5-6-14-29(27)32/h4-25H,1H2,2-3H3. The molecule has 0 radical (unpaired) electrons. The highest BCUT2D eigenvalue weighted by Crippen LogP contribution is 2.51. The Labute approximate surface area is 241 Å². The lowest BCUT2D eigenvalue weighted by atomic mass is 9.80. The van der Waals surface area contributed by atoms with E-state index < -0.39 is 0 Å². The zero-order valence-electron chi connectivity index (χ0n) is 23.4. The van der Waals surface area contributed by atoms with Crippen molar-refractivity contribution in [2.24, 2.45) is 0 Å². The van der Waals surface area contributed by atoms with Crippen molar-refractivity contribution in [1.29, 1.82) is 0 Å². The molecule has 0 spiro atoms. The maximum atomic E-state index is 4.01. The fourth-order valence-electron chi connectivity index (χ4n) is 7.21. The molecule has 0 saturated carbocycles. The second kappa shape index (κ2) is 8.78. The molecule has 0 heteroatoms. The highest BCUT2D eigenvalue weighted by atomic mass is 14.4. The van der Waals surface area contributed by atoms with Crippen molar-refractivity contribution in [1.82, 2.24) is 0 Å². The van der Waals surface area contributed by atoms with E-state index in [0.717, 1.165) is 0 Å². The topological polar surface area (TPSA) is 0 Å². The molecule has 1 aliphatic rings. The van der Waals surface area contributed by atoms with Crippen LogP contribution in [0.25, 0.3) is 71.8 Å². The quantitative estimate of drug-likeness (QED) is 0.202. The van der Waals surface area contributed by atoms with Crippen molar-refractivity contribution in [3.05, 3.63) is 151 Å². The van der Waals surface area contributed by atoms with Crippen LogP contribution < -0.4 is 0 Å². The summed E-state index contributed by atoms with van der Waals surface area (Å²) >= 11 is 0. The van der Waals surface area contributed by atoms with Gasteiger partial charge in [-0.2, -0.15) is 0 Å². The second-order valence-corrected chi connectivity index (χ2v) is 11.8. The van der Waals surface area contributed by atoms with Crippen LogP contribution in [0.4, 0.5) is 0 Å². The smallest absolute Gasteiger partial charge is 0.0159 e. The van der Waals surface area contributed by atoms with Crippen molar-refractivity contribution in [2.75, 3.05) is 0 Å². The third-order valence-corrected chi connectivity index (χ3v) is 9.21. The van der Waals surface area contributed by atoms with E-state index >= 15 is 0 Å². The molecule has 0 aliphatic heterocycles. The van der Waals surface area contributed by atoms with Gasteiger partial charge >= 0.3 is 0 Å². The lowest BCUT2D eigenvalue weighted by molar-refractivity contribution is 0.660. The van der Waals surface area contributed by atoms with Crippen LogP contribution in [-0.2, 0) is 5.41 Å². The number of hydrogen-bond acceptors (Lipinski definition) is 0. The van der Waals surface area contributed by atoms with Crippen LogP contribution in [0, 0.1) is 0 Å². The summed E-state index contributed by atoms with van der Waals surface area (Å²) in [7, 11) is 0. The first kappa shape index (κ1) is 23.9. The monoisotopic (exact) mass is 522 g/mol. The van der Waals surface area contributed by atoms with E-state index in [1.54, 1.807) is 0 Å². The van der Waals surface area contributed by atoms with E-state index in [2.05, 4.69) is 148 Å². The van der Waals surface area contributed by atoms with E-state index in [9.17, 15) is 0 Å². The van der Waals surface area contributed by atoms with Crippen LogP contribution in [0.1, 0.15) is 30.5 Å². The van der Waals surface area contributed by atoms with E-state index in [0.29, 0.717) is 0 Å². The van der Waals surface area contributed by atoms with E-state index in [1.807, 2.05) is 6.08 Å². The van der Waals surface area contributed by atoms with Crippen molar-refractivity contribution in [3.8, 4) is 33.4 Å². The van der Waals surface area contributed by atoms with Gasteiger partial charge in [0, 0.05) is 5.41 Å². The lowest BCUT2D eigenvalue weighted by Gasteiger charge is -2.23. The zero-order chi connectivity index (χ0) is 27.7. The first-order valence-corrected chi connectivity index (χ1v) is 14.4. The number of hydrogen-bond donors (Lipinski definition) is 0. The first-order chi connectivity index (χ1) is 20.1. The maximum absolute atomic E-state index is 4.01. The SMILES string of the molecule is C=Cc1ccc2c(c1)C(C)(C)c1cc(-c3c4ccccc4c(-c4cccc5ccccc45)c4ccccc34)ccc1-2. The summed E-state index contributed by atoms with van der Waals surface area (Å²) in [6, 6.07) is 47.2. The Balaban J connectivity index is 1.44. The predicted molar refractivity (Wildman–Crippen MR) is 177 cm³/mol. The average Bonchev–Trinajstić information content (AvgIpc) is 3.24. The average molecular weight is 523 g/mol. The molecule has 7 aromatic rings. The summed E-state index contributed by atoms with van der Waals surface area (Å²) in [6.45, 7) is 8.72. The van der Waals surface area contributed by atoms with Crippen LogP contribution in [0.5, 0.6) is 0 Å². The van der Waals surface area contributed by atoms with Gasteiger partial charge in [-0.05, 0) is 88.5 Å². The van der Waals surface area contributed by atoms with Gasteiger partial charge in [0.1, 0.15) is 0 Å². The maximum Gasteiger partial charge on any atom is 0.0159 e. The van der Waals surface area contributed by atoms with Crippen molar-refractivity contribution in [2.45, 2.75) is 19.3 Å². The molecule has 7 aromatic carbocycles. The minimum Gasteiger partial charge on any atom is -0.0985 e. The molecule has 8 rings (SSSR count). The predicted octanol–water partition coefficient (Wildman–Crippen LogP) is 11.4. The van der Waals surface area contributed by atoms with Gasteiger partial charge in [-0.25, -0.2) is 0 Å². The van der Waals surface area contributed by atoms with Crippen molar-refractivity contribution >= 4 is 38.4 Å². The minimum atomic E-state index is -0.0891. The molecule has 0 heterocycles. The Morgan fingerprint density at radius 2 is 1.02 bits per heavy atom. The molecule has 0 amide bonds. The molecule has 0 N–H and O–H groups in total. The largest absolute Gasteiger partial charge is 0.0985 e. The van der Waals surface area contributed by atoms with Gasteiger partial charge in [0.05, 0.1) is 0 Å².